The highest BCUT2D eigenvalue weighted by Crippen LogP contribution is 2.49. The SMILES string of the molecule is CO[C@H]1/C=C/O[C@@]2(C)Oc3c(C)c(O)c4c(c3C2=O)C(=O)C(N2CCC(N3CCN(C5CCN(c6nc7c(cc6F)c(=O)c(C(=O)O)cn7-c6ccc(F)cc6F)C5)CC3)CC2)=C(NC(=O)/C(C)=C\C=C\[C@H](C)[C@H](O)[C@@H](C)[C@@H](O)[C@@H](C)[C@H](OC(C)=O)[C@@H]1C)C4=O. The Hall–Kier alpha value is -8.23. The molecule has 2 aromatic heterocycles. The molecule has 90 heavy (non-hydrogen) atoms. The van der Waals surface area contributed by atoms with E-state index in [1.807, 2.05) is 0 Å². The average molecular weight is 1250 g/mol. The summed E-state index contributed by atoms with van der Waals surface area (Å²) in [5.74, 6) is -14.3. The first-order valence-electron chi connectivity index (χ1n) is 30.1. The van der Waals surface area contributed by atoms with Gasteiger partial charge in [0.15, 0.2) is 17.3 Å². The number of halogens is 3. The number of Topliss-reactive ketones (excluding diaryl/α,β-unsaturated/α-hetero) is 3. The molecule has 5 bridgehead atoms. The van der Waals surface area contributed by atoms with Gasteiger partial charge < -0.3 is 54.5 Å². The number of carbonyl (C=O) groups excluding carboxylic acids is 5. The van der Waals surface area contributed by atoms with Crippen LogP contribution in [0.5, 0.6) is 11.5 Å². The van der Waals surface area contributed by atoms with Crippen LogP contribution in [-0.4, -0.2) is 182 Å². The molecule has 0 saturated carbocycles. The van der Waals surface area contributed by atoms with Crippen LogP contribution in [0.2, 0.25) is 0 Å². The maximum Gasteiger partial charge on any atom is 0.341 e. The topological polar surface area (TPSA) is 280 Å². The van der Waals surface area contributed by atoms with Crippen molar-refractivity contribution in [3.05, 3.63) is 133 Å². The van der Waals surface area contributed by atoms with Crippen LogP contribution < -0.4 is 20.4 Å². The maximum absolute atomic E-state index is 16.0. The number of esters is 1. The third-order valence-electron chi connectivity index (χ3n) is 18.9. The summed E-state index contributed by atoms with van der Waals surface area (Å²) in [6.45, 7) is 16.0. The highest BCUT2D eigenvalue weighted by molar-refractivity contribution is 6.32. The van der Waals surface area contributed by atoms with Gasteiger partial charge in [0.2, 0.25) is 17.0 Å². The van der Waals surface area contributed by atoms with E-state index in [-0.39, 0.29) is 70.5 Å². The first-order valence-corrected chi connectivity index (χ1v) is 30.1. The van der Waals surface area contributed by atoms with Gasteiger partial charge in [-0.15, -0.1) is 0 Å². The lowest BCUT2D eigenvalue weighted by Crippen LogP contribution is -2.56. The summed E-state index contributed by atoms with van der Waals surface area (Å²) in [6.07, 6.45) is 5.67. The number of carboxylic acid groups (broad SMARTS) is 1. The molecule has 1 unspecified atom stereocenters. The lowest BCUT2D eigenvalue weighted by Gasteiger charge is -2.45. The summed E-state index contributed by atoms with van der Waals surface area (Å²) < 4.78 is 70.1. The zero-order valence-electron chi connectivity index (χ0n) is 51.4. The number of nitrogens with zero attached hydrogens (tertiary/aromatic N) is 6. The molecule has 11 rings (SSSR count). The zero-order chi connectivity index (χ0) is 65.1. The van der Waals surface area contributed by atoms with E-state index in [9.17, 15) is 48.8 Å². The quantitative estimate of drug-likeness (QED) is 0.124. The molecule has 8 heterocycles. The number of piperazine rings is 1. The number of hydrogen-bond donors (Lipinski definition) is 5. The number of phenolic OH excluding ortho intramolecular Hbond substituents is 1. The second-order valence-electron chi connectivity index (χ2n) is 24.5. The number of allylic oxidation sites excluding steroid dienone is 4. The summed E-state index contributed by atoms with van der Waals surface area (Å²) in [4.78, 5) is 110. The highest BCUT2D eigenvalue weighted by Gasteiger charge is 2.54. The van der Waals surface area contributed by atoms with Gasteiger partial charge in [0.05, 0.1) is 52.3 Å². The van der Waals surface area contributed by atoms with Crippen LogP contribution in [0.25, 0.3) is 16.7 Å². The van der Waals surface area contributed by atoms with E-state index in [0.717, 1.165) is 35.2 Å². The van der Waals surface area contributed by atoms with Gasteiger partial charge in [-0.3, -0.25) is 43.1 Å². The van der Waals surface area contributed by atoms with Crippen molar-refractivity contribution in [1.82, 2.24) is 29.6 Å². The number of anilines is 1. The number of rotatable bonds is 8. The standard InChI is InChI=1S/C65H74F3N7O15/c1-31-11-10-12-32(2)63(84)69-50-51(57(82)47-48(56(50)81)54(79)36(6)59-49(47)60(83)65(8,90-59)88-26-18-46(87-9)33(3)58(89-37(7)76)35(5)53(78)34(4)52(31)77)73-19-15-39(16-20-73)71-22-24-72(25-23-71)40-17-21-74(29-40)62-44(68)28-41-55(80)42(64(85)86)30-75(61(41)70-62)45-14-13-38(66)27-43(45)67/h10-14,18,26-28,30-31,33-35,39-40,46,52-53,58,77-79H,15-17,19-25,29H2,1-9H3,(H,69,84)(H,85,86)/b11-10+,26-18+,32-12-/t31-,33+,34+,35+,40?,46-,52-,53+,58+,65-/m0/s1. The number of aromatic carboxylic acids is 1. The molecule has 7 aliphatic rings. The Balaban J connectivity index is 0.891. The van der Waals surface area contributed by atoms with Crippen LogP contribution in [0, 0.1) is 48.0 Å². The van der Waals surface area contributed by atoms with Gasteiger partial charge in [-0.25, -0.2) is 22.9 Å². The van der Waals surface area contributed by atoms with Gasteiger partial charge in [0, 0.05) is 132 Å². The number of fused-ring (bicyclic) bond motifs is 15. The fraction of sp³-hybridized carbons (Fsp3) is 0.477. The number of phenols is 1. The third kappa shape index (κ3) is 11.9. The molecule has 1 amide bonds. The number of carboxylic acids is 1. The third-order valence-corrected chi connectivity index (χ3v) is 18.9. The number of hydrogen-bond acceptors (Lipinski definition) is 19. The molecule has 4 aromatic rings. The Morgan fingerprint density at radius 2 is 1.46 bits per heavy atom. The van der Waals surface area contributed by atoms with Crippen molar-refractivity contribution in [3.8, 4) is 17.2 Å². The molecule has 480 valence electrons. The number of carbonyl (C=O) groups is 6. The van der Waals surface area contributed by atoms with Gasteiger partial charge in [0.1, 0.15) is 46.2 Å². The van der Waals surface area contributed by atoms with Crippen molar-refractivity contribution >= 4 is 52.0 Å². The molecule has 25 heteroatoms. The number of benzene rings is 2. The Kier molecular flexibility index (Phi) is 18.4. The number of nitrogens with one attached hydrogen (secondary N) is 1. The van der Waals surface area contributed by atoms with Crippen molar-refractivity contribution in [1.29, 1.82) is 0 Å². The Morgan fingerprint density at radius 1 is 0.800 bits per heavy atom. The Labute approximate surface area is 516 Å². The summed E-state index contributed by atoms with van der Waals surface area (Å²) in [7, 11) is 1.41. The molecule has 0 spiro atoms. The number of ketones is 3. The number of aliphatic hydroxyl groups is 2. The van der Waals surface area contributed by atoms with Crippen LogP contribution in [0.15, 0.2) is 82.8 Å². The number of pyridine rings is 2. The average Bonchev–Trinajstić information content (AvgIpc) is 1.40. The molecule has 3 saturated heterocycles. The summed E-state index contributed by atoms with van der Waals surface area (Å²) in [5, 5.41) is 47.2. The second kappa shape index (κ2) is 25.6. The predicted octanol–water partition coefficient (Wildman–Crippen LogP) is 6.13. The number of aromatic hydroxyl groups is 1. The molecule has 6 aliphatic heterocycles. The molecule has 5 N–H and O–H groups in total. The molecule has 10 atom stereocenters. The molecule has 0 radical (unpaired) electrons. The lowest BCUT2D eigenvalue weighted by molar-refractivity contribution is -0.160. The monoisotopic (exact) mass is 1250 g/mol. The minimum Gasteiger partial charge on any atom is -0.507 e. The first kappa shape index (κ1) is 64.7. The highest BCUT2D eigenvalue weighted by atomic mass is 19.1. The summed E-state index contributed by atoms with van der Waals surface area (Å²) in [5.41, 5.74) is -4.04. The summed E-state index contributed by atoms with van der Waals surface area (Å²) >= 11 is 0. The minimum atomic E-state index is -2.16. The molecular formula is C65H74F3N7O15. The van der Waals surface area contributed by atoms with Crippen LogP contribution in [-0.2, 0) is 23.8 Å². The van der Waals surface area contributed by atoms with Crippen molar-refractivity contribution in [2.75, 3.05) is 64.4 Å². The van der Waals surface area contributed by atoms with Gasteiger partial charge in [-0.05, 0) is 57.4 Å². The number of piperidine rings is 1. The molecule has 1 aliphatic carbocycles. The molecule has 3 fully saturated rings. The van der Waals surface area contributed by atoms with E-state index in [1.165, 1.54) is 47.0 Å². The first-order chi connectivity index (χ1) is 42.6. The van der Waals surface area contributed by atoms with Crippen molar-refractivity contribution < 1.29 is 81.3 Å². The summed E-state index contributed by atoms with van der Waals surface area (Å²) in [6, 6.07) is 3.50. The number of ether oxygens (including phenoxy) is 4. The lowest BCUT2D eigenvalue weighted by atomic mass is 9.78. The van der Waals surface area contributed by atoms with Crippen molar-refractivity contribution in [2.45, 2.75) is 117 Å². The van der Waals surface area contributed by atoms with Crippen molar-refractivity contribution in [3.63, 3.8) is 0 Å². The van der Waals surface area contributed by atoms with Crippen LogP contribution in [0.1, 0.15) is 115 Å². The van der Waals surface area contributed by atoms with Gasteiger partial charge in [-0.2, -0.15) is 0 Å². The largest absolute Gasteiger partial charge is 0.507 e. The molecule has 2 aromatic carbocycles. The number of aliphatic hydroxyl groups excluding tert-OH is 2. The zero-order valence-corrected chi connectivity index (χ0v) is 51.4. The maximum atomic E-state index is 16.0. The smallest absolute Gasteiger partial charge is 0.341 e. The van der Waals surface area contributed by atoms with Gasteiger partial charge in [0.25, 0.3) is 11.7 Å². The number of likely N-dealkylation sites (tertiary alicyclic amines) is 1. The van der Waals surface area contributed by atoms with Crippen LogP contribution in [0.3, 0.4) is 0 Å². The molecular weight excluding hydrogens is 1180 g/mol. The van der Waals surface area contributed by atoms with E-state index in [1.54, 1.807) is 49.6 Å². The minimum absolute atomic E-state index is 0.0106. The Bertz CT molecular complexity index is 3790. The predicted molar refractivity (Wildman–Crippen MR) is 321 cm³/mol. The number of amides is 1. The van der Waals surface area contributed by atoms with Gasteiger partial charge >= 0.3 is 17.7 Å². The van der Waals surface area contributed by atoms with E-state index in [2.05, 4.69) is 20.1 Å². The fourth-order valence-corrected chi connectivity index (χ4v) is 13.6. The fourth-order valence-electron chi connectivity index (χ4n) is 13.6. The van der Waals surface area contributed by atoms with Crippen molar-refractivity contribution in [2.24, 2.45) is 23.7 Å². The number of methoxy groups -OCH3 is 1. The van der Waals surface area contributed by atoms with Crippen LogP contribution >= 0.6 is 0 Å². The van der Waals surface area contributed by atoms with Crippen LogP contribution in [0.4, 0.5) is 19.0 Å². The van der Waals surface area contributed by atoms with E-state index in [4.69, 9.17) is 18.9 Å². The van der Waals surface area contributed by atoms with Gasteiger partial charge in [-0.1, -0.05) is 45.9 Å². The van der Waals surface area contributed by atoms with E-state index in [0.29, 0.717) is 64.6 Å². The normalized spacial score (nSPS) is 29.0. The van der Waals surface area contributed by atoms with E-state index >= 15 is 18.4 Å². The number of aromatic nitrogens is 2. The second-order valence-corrected chi connectivity index (χ2v) is 24.5. The van der Waals surface area contributed by atoms with E-state index < -0.39 is 145 Å². The Morgan fingerprint density at radius 3 is 2.10 bits per heavy atom. The molecule has 22 nitrogen and oxygen atoms in total.